The van der Waals surface area contributed by atoms with Gasteiger partial charge in [-0.05, 0) is 42.8 Å². The molecule has 1 heterocycles. The SMILES string of the molecule is Cc1ccc(C(=O)NCCNC(=O)c2cnn(-c3cccc(Cl)c3)c2)cc1F. The maximum absolute atomic E-state index is 13.5. The van der Waals surface area contributed by atoms with Gasteiger partial charge in [0.2, 0.25) is 0 Å². The van der Waals surface area contributed by atoms with Crippen molar-refractivity contribution in [2.24, 2.45) is 0 Å². The number of aromatic nitrogens is 2. The molecule has 8 heteroatoms. The second-order valence-electron chi connectivity index (χ2n) is 6.13. The zero-order valence-corrected chi connectivity index (χ0v) is 15.8. The van der Waals surface area contributed by atoms with E-state index in [1.807, 2.05) is 6.07 Å². The number of nitrogens with one attached hydrogen (secondary N) is 2. The van der Waals surface area contributed by atoms with Crippen LogP contribution < -0.4 is 10.6 Å². The van der Waals surface area contributed by atoms with E-state index in [1.165, 1.54) is 12.3 Å². The molecule has 0 unspecified atom stereocenters. The van der Waals surface area contributed by atoms with Crippen LogP contribution in [0.3, 0.4) is 0 Å². The minimum Gasteiger partial charge on any atom is -0.350 e. The van der Waals surface area contributed by atoms with E-state index in [-0.39, 0.29) is 24.6 Å². The Labute approximate surface area is 166 Å². The van der Waals surface area contributed by atoms with Gasteiger partial charge in [-0.15, -0.1) is 0 Å². The zero-order chi connectivity index (χ0) is 20.1. The Kier molecular flexibility index (Phi) is 6.06. The number of hydrogen-bond donors (Lipinski definition) is 2. The van der Waals surface area contributed by atoms with Gasteiger partial charge in [0, 0.05) is 29.9 Å². The number of hydrogen-bond acceptors (Lipinski definition) is 3. The fourth-order valence-electron chi connectivity index (χ4n) is 2.49. The lowest BCUT2D eigenvalue weighted by Crippen LogP contribution is -2.34. The molecule has 0 spiro atoms. The van der Waals surface area contributed by atoms with E-state index < -0.39 is 11.7 Å². The highest BCUT2D eigenvalue weighted by atomic mass is 35.5. The van der Waals surface area contributed by atoms with Gasteiger partial charge in [-0.1, -0.05) is 23.7 Å². The molecule has 2 amide bonds. The molecule has 144 valence electrons. The van der Waals surface area contributed by atoms with E-state index in [0.717, 1.165) is 5.69 Å². The zero-order valence-electron chi connectivity index (χ0n) is 15.1. The van der Waals surface area contributed by atoms with Gasteiger partial charge >= 0.3 is 0 Å². The van der Waals surface area contributed by atoms with Crippen molar-refractivity contribution in [2.45, 2.75) is 6.92 Å². The van der Waals surface area contributed by atoms with Crippen molar-refractivity contribution in [3.05, 3.63) is 82.4 Å². The van der Waals surface area contributed by atoms with Crippen molar-refractivity contribution in [3.8, 4) is 5.69 Å². The van der Waals surface area contributed by atoms with E-state index in [0.29, 0.717) is 16.1 Å². The summed E-state index contributed by atoms with van der Waals surface area (Å²) >= 11 is 5.96. The number of aryl methyl sites for hydroxylation is 1. The average molecular weight is 401 g/mol. The monoisotopic (exact) mass is 400 g/mol. The maximum atomic E-state index is 13.5. The highest BCUT2D eigenvalue weighted by molar-refractivity contribution is 6.30. The molecule has 3 aromatic rings. The number of carbonyl (C=O) groups excluding carboxylic acids is 2. The van der Waals surface area contributed by atoms with Gasteiger partial charge in [0.15, 0.2) is 0 Å². The lowest BCUT2D eigenvalue weighted by atomic mass is 10.1. The average Bonchev–Trinajstić information content (AvgIpc) is 3.17. The second-order valence-corrected chi connectivity index (χ2v) is 6.57. The summed E-state index contributed by atoms with van der Waals surface area (Å²) < 4.78 is 15.1. The molecular weight excluding hydrogens is 383 g/mol. The van der Waals surface area contributed by atoms with E-state index in [1.54, 1.807) is 48.1 Å². The Hall–Kier alpha value is -3.19. The van der Waals surface area contributed by atoms with Crippen LogP contribution in [0.4, 0.5) is 4.39 Å². The van der Waals surface area contributed by atoms with Crippen LogP contribution in [0.1, 0.15) is 26.3 Å². The van der Waals surface area contributed by atoms with E-state index in [9.17, 15) is 14.0 Å². The summed E-state index contributed by atoms with van der Waals surface area (Å²) in [5.41, 5.74) is 1.83. The quantitative estimate of drug-likeness (QED) is 0.624. The number of rotatable bonds is 6. The second kappa shape index (κ2) is 8.67. The molecule has 0 fully saturated rings. The minimum atomic E-state index is -0.433. The van der Waals surface area contributed by atoms with Crippen molar-refractivity contribution in [2.75, 3.05) is 13.1 Å². The Morgan fingerprint density at radius 3 is 2.46 bits per heavy atom. The molecule has 28 heavy (non-hydrogen) atoms. The summed E-state index contributed by atoms with van der Waals surface area (Å²) in [5.74, 6) is -1.15. The molecule has 2 N–H and O–H groups in total. The molecule has 0 aliphatic carbocycles. The van der Waals surface area contributed by atoms with Gasteiger partial charge in [0.25, 0.3) is 11.8 Å². The third kappa shape index (κ3) is 4.75. The predicted octanol–water partition coefficient (Wildman–Crippen LogP) is 3.13. The molecule has 0 saturated carbocycles. The highest BCUT2D eigenvalue weighted by Crippen LogP contribution is 2.14. The first-order valence-corrected chi connectivity index (χ1v) is 8.95. The molecule has 0 aliphatic rings. The van der Waals surface area contributed by atoms with E-state index in [2.05, 4.69) is 15.7 Å². The van der Waals surface area contributed by atoms with Gasteiger partial charge in [0.1, 0.15) is 5.82 Å². The van der Waals surface area contributed by atoms with E-state index >= 15 is 0 Å². The number of halogens is 2. The normalized spacial score (nSPS) is 10.5. The lowest BCUT2D eigenvalue weighted by Gasteiger charge is -2.07. The summed E-state index contributed by atoms with van der Waals surface area (Å²) in [7, 11) is 0. The third-order valence-electron chi connectivity index (χ3n) is 4.05. The first kappa shape index (κ1) is 19.6. The van der Waals surface area contributed by atoms with Crippen LogP contribution in [0.2, 0.25) is 5.02 Å². The Bertz CT molecular complexity index is 1020. The Morgan fingerprint density at radius 2 is 1.79 bits per heavy atom. The molecular formula is C20H18ClFN4O2. The molecule has 1 aromatic heterocycles. The highest BCUT2D eigenvalue weighted by Gasteiger charge is 2.10. The van der Waals surface area contributed by atoms with Gasteiger partial charge in [0.05, 0.1) is 17.4 Å². The fourth-order valence-corrected chi connectivity index (χ4v) is 2.67. The van der Waals surface area contributed by atoms with Gasteiger partial charge in [-0.3, -0.25) is 9.59 Å². The summed E-state index contributed by atoms with van der Waals surface area (Å²) in [6.07, 6.45) is 3.04. The molecule has 0 bridgehead atoms. The van der Waals surface area contributed by atoms with Crippen LogP contribution in [0.15, 0.2) is 54.9 Å². The number of carbonyl (C=O) groups is 2. The van der Waals surface area contributed by atoms with Crippen LogP contribution in [0, 0.1) is 12.7 Å². The first-order valence-electron chi connectivity index (χ1n) is 8.57. The smallest absolute Gasteiger partial charge is 0.254 e. The van der Waals surface area contributed by atoms with Crippen molar-refractivity contribution in [3.63, 3.8) is 0 Å². The van der Waals surface area contributed by atoms with Gasteiger partial charge in [-0.2, -0.15) is 5.10 Å². The molecule has 2 aromatic carbocycles. The van der Waals surface area contributed by atoms with Crippen molar-refractivity contribution >= 4 is 23.4 Å². The number of benzene rings is 2. The van der Waals surface area contributed by atoms with Crippen LogP contribution in [-0.4, -0.2) is 34.7 Å². The van der Waals surface area contributed by atoms with Crippen molar-refractivity contribution in [1.82, 2.24) is 20.4 Å². The summed E-state index contributed by atoms with van der Waals surface area (Å²) in [5, 5.41) is 10.1. The summed E-state index contributed by atoms with van der Waals surface area (Å²) in [4.78, 5) is 24.2. The molecule has 3 rings (SSSR count). The largest absolute Gasteiger partial charge is 0.350 e. The molecule has 6 nitrogen and oxygen atoms in total. The topological polar surface area (TPSA) is 76.0 Å². The molecule has 0 saturated heterocycles. The standard InChI is InChI=1S/C20H18ClFN4O2/c1-13-5-6-14(9-18(13)22)19(27)23-7-8-24-20(28)15-11-25-26(12-15)17-4-2-3-16(21)10-17/h2-6,9-12H,7-8H2,1H3,(H,23,27)(H,24,28). The Balaban J connectivity index is 1.49. The number of amides is 2. The van der Waals surface area contributed by atoms with Crippen LogP contribution in [0.25, 0.3) is 5.69 Å². The molecule has 0 atom stereocenters. The maximum Gasteiger partial charge on any atom is 0.254 e. The van der Waals surface area contributed by atoms with E-state index in [4.69, 9.17) is 11.6 Å². The summed E-state index contributed by atoms with van der Waals surface area (Å²) in [6.45, 7) is 2.06. The van der Waals surface area contributed by atoms with Crippen LogP contribution in [0.5, 0.6) is 0 Å². The first-order chi connectivity index (χ1) is 13.4. The molecule has 0 radical (unpaired) electrons. The van der Waals surface area contributed by atoms with Crippen LogP contribution >= 0.6 is 11.6 Å². The van der Waals surface area contributed by atoms with Crippen LogP contribution in [-0.2, 0) is 0 Å². The van der Waals surface area contributed by atoms with Crippen molar-refractivity contribution in [1.29, 1.82) is 0 Å². The van der Waals surface area contributed by atoms with Gasteiger partial charge < -0.3 is 10.6 Å². The Morgan fingerprint density at radius 1 is 1.07 bits per heavy atom. The summed E-state index contributed by atoms with van der Waals surface area (Å²) in [6, 6.07) is 11.4. The third-order valence-corrected chi connectivity index (χ3v) is 4.28. The number of nitrogens with zero attached hydrogens (tertiary/aromatic N) is 2. The van der Waals surface area contributed by atoms with Gasteiger partial charge in [-0.25, -0.2) is 9.07 Å². The predicted molar refractivity (Wildman–Crippen MR) is 104 cm³/mol. The fraction of sp³-hybridized carbons (Fsp3) is 0.150. The van der Waals surface area contributed by atoms with Crippen molar-refractivity contribution < 1.29 is 14.0 Å². The molecule has 0 aliphatic heterocycles. The lowest BCUT2D eigenvalue weighted by molar-refractivity contribution is 0.0927. The minimum absolute atomic E-state index is 0.211.